The number of benzene rings is 2. The molecule has 2 aromatic rings. The van der Waals surface area contributed by atoms with E-state index in [2.05, 4.69) is 10.6 Å². The van der Waals surface area contributed by atoms with Gasteiger partial charge in [-0.15, -0.1) is 0 Å². The number of fused-ring (bicyclic) bond motifs is 1. The van der Waals surface area contributed by atoms with Gasteiger partial charge < -0.3 is 15.5 Å². The highest BCUT2D eigenvalue weighted by Crippen LogP contribution is 2.40. The van der Waals surface area contributed by atoms with Crippen LogP contribution in [0, 0.1) is 17.6 Å². The van der Waals surface area contributed by atoms with E-state index in [0.29, 0.717) is 28.8 Å². The molecule has 0 aromatic heterocycles. The summed E-state index contributed by atoms with van der Waals surface area (Å²) >= 11 is 0. The Kier molecular flexibility index (Phi) is 6.47. The van der Waals surface area contributed by atoms with E-state index < -0.39 is 35.5 Å². The van der Waals surface area contributed by atoms with Gasteiger partial charge in [-0.2, -0.15) is 0 Å². The van der Waals surface area contributed by atoms with Crippen LogP contribution in [0.5, 0.6) is 0 Å². The maximum absolute atomic E-state index is 15.0. The fourth-order valence-electron chi connectivity index (χ4n) is 5.67. The molecule has 2 heterocycles. The second-order valence-electron chi connectivity index (χ2n) is 9.90. The van der Waals surface area contributed by atoms with Crippen molar-refractivity contribution in [2.24, 2.45) is 5.92 Å². The Balaban J connectivity index is 1.56. The number of ketones is 2. The summed E-state index contributed by atoms with van der Waals surface area (Å²) in [4.78, 5) is 40.5. The van der Waals surface area contributed by atoms with Crippen molar-refractivity contribution in [2.75, 3.05) is 6.54 Å². The van der Waals surface area contributed by atoms with Crippen LogP contribution >= 0.6 is 0 Å². The first-order valence-electron chi connectivity index (χ1n) is 12.3. The largest absolute Gasteiger partial charge is 0.358 e. The van der Waals surface area contributed by atoms with E-state index in [9.17, 15) is 18.8 Å². The van der Waals surface area contributed by atoms with Gasteiger partial charge in [-0.05, 0) is 62.6 Å². The van der Waals surface area contributed by atoms with Gasteiger partial charge in [-0.3, -0.25) is 14.4 Å². The third-order valence-electron chi connectivity index (χ3n) is 7.54. The van der Waals surface area contributed by atoms with Crippen molar-refractivity contribution in [2.45, 2.75) is 57.8 Å². The standard InChI is InChI=1S/C28H29F2N3O3/c1-15-25(28(36)32-26(20-13-24(20)35)17-6-3-7-18(29)12-17)19-8-4-9-22(30)21(19)14-33(15)27(16(2)34)23-10-5-11-31-23/h3-4,6-9,12,20,23,26-27,31H,5,10-11,13-14H2,1-2H3,(H,32,36)/t20?,23-,26+,27?/m0/s1. The smallest absolute Gasteiger partial charge is 0.254 e. The number of amides is 1. The summed E-state index contributed by atoms with van der Waals surface area (Å²) in [7, 11) is 0. The molecule has 2 aromatic carbocycles. The fourth-order valence-corrected chi connectivity index (χ4v) is 5.67. The van der Waals surface area contributed by atoms with E-state index in [-0.39, 0.29) is 29.7 Å². The molecule has 1 saturated heterocycles. The number of rotatable bonds is 7. The Labute approximate surface area is 208 Å². The lowest BCUT2D eigenvalue weighted by molar-refractivity contribution is -0.123. The number of nitrogens with zero attached hydrogens (tertiary/aromatic N) is 1. The van der Waals surface area contributed by atoms with Crippen molar-refractivity contribution in [1.29, 1.82) is 0 Å². The highest BCUT2D eigenvalue weighted by Gasteiger charge is 2.44. The van der Waals surface area contributed by atoms with Crippen LogP contribution in [0.25, 0.3) is 5.57 Å². The minimum Gasteiger partial charge on any atom is -0.358 e. The molecule has 36 heavy (non-hydrogen) atoms. The number of hydrogen-bond acceptors (Lipinski definition) is 5. The number of halogens is 2. The van der Waals surface area contributed by atoms with Crippen LogP contribution < -0.4 is 10.6 Å². The van der Waals surface area contributed by atoms with E-state index in [1.165, 1.54) is 25.1 Å². The summed E-state index contributed by atoms with van der Waals surface area (Å²) in [5, 5.41) is 6.31. The van der Waals surface area contributed by atoms with E-state index >= 15 is 4.39 Å². The van der Waals surface area contributed by atoms with E-state index in [0.717, 1.165) is 19.4 Å². The third-order valence-corrected chi connectivity index (χ3v) is 7.54. The molecule has 0 radical (unpaired) electrons. The van der Waals surface area contributed by atoms with E-state index in [1.807, 2.05) is 4.90 Å². The molecular formula is C28H29F2N3O3. The van der Waals surface area contributed by atoms with Crippen LogP contribution in [0.4, 0.5) is 8.78 Å². The molecular weight excluding hydrogens is 464 g/mol. The van der Waals surface area contributed by atoms with Gasteiger partial charge in [-0.1, -0.05) is 24.3 Å². The SMILES string of the molecule is CC(=O)C([C@@H]1CCCN1)N1Cc2c(F)cccc2C(C(=O)N[C@H](c2cccc(F)c2)C2CC2=O)=C1C. The molecule has 2 fully saturated rings. The maximum atomic E-state index is 15.0. The first-order chi connectivity index (χ1) is 17.3. The Hall–Kier alpha value is -3.39. The summed E-state index contributed by atoms with van der Waals surface area (Å²) in [6.07, 6.45) is 2.05. The van der Waals surface area contributed by atoms with Crippen LogP contribution in [-0.2, 0) is 20.9 Å². The normalized spacial score (nSPS) is 22.8. The van der Waals surface area contributed by atoms with Gasteiger partial charge in [0.25, 0.3) is 5.91 Å². The van der Waals surface area contributed by atoms with Crippen molar-refractivity contribution >= 4 is 23.0 Å². The predicted molar refractivity (Wildman–Crippen MR) is 130 cm³/mol. The molecule has 3 aliphatic rings. The zero-order chi connectivity index (χ0) is 25.6. The molecule has 1 amide bonds. The van der Waals surface area contributed by atoms with Crippen molar-refractivity contribution in [3.05, 3.63) is 76.5 Å². The van der Waals surface area contributed by atoms with Crippen LogP contribution in [0.2, 0.25) is 0 Å². The van der Waals surface area contributed by atoms with Crippen molar-refractivity contribution < 1.29 is 23.2 Å². The summed E-state index contributed by atoms with van der Waals surface area (Å²) in [6.45, 7) is 4.26. The van der Waals surface area contributed by atoms with E-state index in [4.69, 9.17) is 0 Å². The maximum Gasteiger partial charge on any atom is 0.254 e. The first-order valence-corrected chi connectivity index (χ1v) is 12.3. The topological polar surface area (TPSA) is 78.5 Å². The molecule has 1 saturated carbocycles. The second-order valence-corrected chi connectivity index (χ2v) is 9.90. The van der Waals surface area contributed by atoms with Gasteiger partial charge in [0.1, 0.15) is 23.5 Å². The Morgan fingerprint density at radius 1 is 1.17 bits per heavy atom. The summed E-state index contributed by atoms with van der Waals surface area (Å²) in [5.74, 6) is -1.89. The van der Waals surface area contributed by atoms with Crippen molar-refractivity contribution in [1.82, 2.24) is 15.5 Å². The molecule has 4 atom stereocenters. The quantitative estimate of drug-likeness (QED) is 0.616. The Morgan fingerprint density at radius 2 is 1.92 bits per heavy atom. The van der Waals surface area contributed by atoms with Gasteiger partial charge in [-0.25, -0.2) is 8.78 Å². The number of Topliss-reactive ketones (excluding diaryl/α,β-unsaturated/α-hetero) is 2. The van der Waals surface area contributed by atoms with Crippen LogP contribution in [0.15, 0.2) is 48.2 Å². The molecule has 1 aliphatic carbocycles. The predicted octanol–water partition coefficient (Wildman–Crippen LogP) is 3.67. The summed E-state index contributed by atoms with van der Waals surface area (Å²) in [5.41, 5.74) is 2.14. The molecule has 0 bridgehead atoms. The third kappa shape index (κ3) is 4.46. The lowest BCUT2D eigenvalue weighted by Crippen LogP contribution is -2.52. The van der Waals surface area contributed by atoms with E-state index in [1.54, 1.807) is 31.2 Å². The minimum atomic E-state index is -0.700. The highest BCUT2D eigenvalue weighted by molar-refractivity contribution is 6.21. The molecule has 2 N–H and O–H groups in total. The molecule has 0 spiro atoms. The molecule has 5 rings (SSSR count). The second kappa shape index (κ2) is 9.58. The molecule has 8 heteroatoms. The number of allylic oxidation sites excluding steroid dienone is 1. The van der Waals surface area contributed by atoms with Crippen LogP contribution in [-0.4, -0.2) is 41.0 Å². The zero-order valence-corrected chi connectivity index (χ0v) is 20.3. The molecule has 6 nitrogen and oxygen atoms in total. The monoisotopic (exact) mass is 493 g/mol. The van der Waals surface area contributed by atoms with Crippen LogP contribution in [0.3, 0.4) is 0 Å². The minimum absolute atomic E-state index is 0.00377. The number of carbonyl (C=O) groups excluding carboxylic acids is 3. The summed E-state index contributed by atoms with van der Waals surface area (Å²) in [6, 6.07) is 9.10. The lowest BCUT2D eigenvalue weighted by Gasteiger charge is -2.40. The molecule has 2 unspecified atom stereocenters. The fraction of sp³-hybridized carbons (Fsp3) is 0.393. The highest BCUT2D eigenvalue weighted by atomic mass is 19.1. The lowest BCUT2D eigenvalue weighted by atomic mass is 9.89. The number of nitrogens with one attached hydrogen (secondary N) is 2. The zero-order valence-electron chi connectivity index (χ0n) is 20.3. The Morgan fingerprint density at radius 3 is 2.56 bits per heavy atom. The number of carbonyl (C=O) groups is 3. The average molecular weight is 494 g/mol. The average Bonchev–Trinajstić information content (AvgIpc) is 3.31. The van der Waals surface area contributed by atoms with Crippen molar-refractivity contribution in [3.8, 4) is 0 Å². The molecule has 2 aliphatic heterocycles. The van der Waals surface area contributed by atoms with Crippen molar-refractivity contribution in [3.63, 3.8) is 0 Å². The van der Waals surface area contributed by atoms with Gasteiger partial charge in [0.05, 0.1) is 11.6 Å². The molecule has 188 valence electrons. The summed E-state index contributed by atoms with van der Waals surface area (Å²) < 4.78 is 29.0. The number of hydrogen-bond donors (Lipinski definition) is 2. The van der Waals surface area contributed by atoms with Gasteiger partial charge in [0, 0.05) is 36.2 Å². The van der Waals surface area contributed by atoms with Crippen LogP contribution in [0.1, 0.15) is 55.8 Å². The first kappa shape index (κ1) is 24.3. The Bertz CT molecular complexity index is 1270. The van der Waals surface area contributed by atoms with Gasteiger partial charge >= 0.3 is 0 Å². The van der Waals surface area contributed by atoms with Gasteiger partial charge in [0.15, 0.2) is 5.78 Å². The van der Waals surface area contributed by atoms with Gasteiger partial charge in [0.2, 0.25) is 0 Å².